The van der Waals surface area contributed by atoms with Gasteiger partial charge < -0.3 is 10.2 Å². The van der Waals surface area contributed by atoms with Crippen molar-refractivity contribution >= 4 is 23.6 Å². The molecule has 0 aromatic heterocycles. The van der Waals surface area contributed by atoms with Crippen molar-refractivity contribution in [2.75, 3.05) is 50.8 Å². The molecule has 96 valence electrons. The van der Waals surface area contributed by atoms with E-state index < -0.39 is 0 Å². The van der Waals surface area contributed by atoms with Crippen molar-refractivity contribution in [2.24, 2.45) is 0 Å². The van der Waals surface area contributed by atoms with Crippen molar-refractivity contribution in [3.63, 3.8) is 0 Å². The molecule has 2 aliphatic heterocycles. The largest absolute Gasteiger partial charge is 0.347 e. The van der Waals surface area contributed by atoms with Crippen LogP contribution < -0.4 is 5.32 Å². The Morgan fingerprint density at radius 2 is 1.88 bits per heavy atom. The first-order chi connectivity index (χ1) is 8.25. The third-order valence-corrected chi connectivity index (χ3v) is 4.13. The molecule has 5 nitrogen and oxygen atoms in total. The van der Waals surface area contributed by atoms with Gasteiger partial charge in [0.05, 0.1) is 6.54 Å². The SMILES string of the molecule is O=C1CCN(CCN2CCSCC2)C(=O)CN1. The van der Waals surface area contributed by atoms with Gasteiger partial charge in [0.15, 0.2) is 0 Å². The van der Waals surface area contributed by atoms with E-state index in [2.05, 4.69) is 10.2 Å². The first-order valence-electron chi connectivity index (χ1n) is 6.10. The van der Waals surface area contributed by atoms with E-state index >= 15 is 0 Å². The Labute approximate surface area is 106 Å². The molecule has 0 aliphatic carbocycles. The van der Waals surface area contributed by atoms with Gasteiger partial charge in [-0.2, -0.15) is 11.8 Å². The van der Waals surface area contributed by atoms with E-state index in [-0.39, 0.29) is 18.4 Å². The lowest BCUT2D eigenvalue weighted by molar-refractivity contribution is -0.130. The highest BCUT2D eigenvalue weighted by atomic mass is 32.2. The molecular formula is C11H19N3O2S. The molecule has 2 heterocycles. The van der Waals surface area contributed by atoms with Crippen LogP contribution in [0.25, 0.3) is 0 Å². The topological polar surface area (TPSA) is 52.7 Å². The lowest BCUT2D eigenvalue weighted by atomic mass is 10.3. The Hall–Kier alpha value is -0.750. The Balaban J connectivity index is 1.76. The number of nitrogens with one attached hydrogen (secondary N) is 1. The fourth-order valence-corrected chi connectivity index (χ4v) is 3.04. The summed E-state index contributed by atoms with van der Waals surface area (Å²) in [6, 6.07) is 0. The third kappa shape index (κ3) is 3.89. The number of hydrogen-bond acceptors (Lipinski definition) is 4. The van der Waals surface area contributed by atoms with E-state index in [0.717, 1.165) is 26.2 Å². The summed E-state index contributed by atoms with van der Waals surface area (Å²) < 4.78 is 0. The zero-order valence-electron chi connectivity index (χ0n) is 9.98. The number of carbonyl (C=O) groups is 2. The van der Waals surface area contributed by atoms with Gasteiger partial charge in [0.1, 0.15) is 0 Å². The molecule has 2 saturated heterocycles. The van der Waals surface area contributed by atoms with Crippen LogP contribution in [-0.2, 0) is 9.59 Å². The van der Waals surface area contributed by atoms with Crippen LogP contribution in [0.15, 0.2) is 0 Å². The van der Waals surface area contributed by atoms with Crippen LogP contribution in [0.2, 0.25) is 0 Å². The second-order valence-corrected chi connectivity index (χ2v) is 5.59. The first kappa shape index (κ1) is 12.7. The number of hydrogen-bond donors (Lipinski definition) is 1. The van der Waals surface area contributed by atoms with Crippen LogP contribution >= 0.6 is 11.8 Å². The van der Waals surface area contributed by atoms with Crippen LogP contribution in [0, 0.1) is 0 Å². The molecule has 2 amide bonds. The van der Waals surface area contributed by atoms with Gasteiger partial charge in [0.2, 0.25) is 11.8 Å². The highest BCUT2D eigenvalue weighted by molar-refractivity contribution is 7.99. The normalized spacial score (nSPS) is 23.4. The molecule has 17 heavy (non-hydrogen) atoms. The minimum atomic E-state index is -0.0183. The molecule has 1 N–H and O–H groups in total. The highest BCUT2D eigenvalue weighted by Crippen LogP contribution is 2.09. The van der Waals surface area contributed by atoms with Gasteiger partial charge in [-0.25, -0.2) is 0 Å². The first-order valence-corrected chi connectivity index (χ1v) is 7.26. The number of carbonyl (C=O) groups excluding carboxylic acids is 2. The fraction of sp³-hybridized carbons (Fsp3) is 0.818. The Morgan fingerprint density at radius 1 is 1.12 bits per heavy atom. The van der Waals surface area contributed by atoms with Gasteiger partial charge in [0, 0.05) is 50.7 Å². The maximum atomic E-state index is 11.7. The lowest BCUT2D eigenvalue weighted by Gasteiger charge is -2.29. The molecule has 0 aromatic carbocycles. The summed E-state index contributed by atoms with van der Waals surface area (Å²) >= 11 is 1.99. The van der Waals surface area contributed by atoms with E-state index in [1.165, 1.54) is 11.5 Å². The molecule has 2 fully saturated rings. The van der Waals surface area contributed by atoms with Crippen LogP contribution in [0.1, 0.15) is 6.42 Å². The van der Waals surface area contributed by atoms with Crippen molar-refractivity contribution in [3.8, 4) is 0 Å². The Morgan fingerprint density at radius 3 is 2.65 bits per heavy atom. The number of thioether (sulfide) groups is 1. The van der Waals surface area contributed by atoms with Crippen molar-refractivity contribution in [1.29, 1.82) is 0 Å². The second kappa shape index (κ2) is 6.26. The zero-order chi connectivity index (χ0) is 12.1. The smallest absolute Gasteiger partial charge is 0.242 e. The molecule has 0 saturated carbocycles. The van der Waals surface area contributed by atoms with Crippen molar-refractivity contribution < 1.29 is 9.59 Å². The molecule has 0 unspecified atom stereocenters. The van der Waals surface area contributed by atoms with Gasteiger partial charge in [-0.15, -0.1) is 0 Å². The molecule has 2 aliphatic rings. The maximum absolute atomic E-state index is 11.7. The van der Waals surface area contributed by atoms with Gasteiger partial charge in [-0.3, -0.25) is 14.5 Å². The van der Waals surface area contributed by atoms with Crippen molar-refractivity contribution in [2.45, 2.75) is 6.42 Å². The predicted molar refractivity (Wildman–Crippen MR) is 68.0 cm³/mol. The van der Waals surface area contributed by atoms with E-state index in [0.29, 0.717) is 13.0 Å². The van der Waals surface area contributed by atoms with E-state index in [1.807, 2.05) is 11.8 Å². The van der Waals surface area contributed by atoms with Crippen LogP contribution in [0.4, 0.5) is 0 Å². The third-order valence-electron chi connectivity index (χ3n) is 3.19. The molecule has 0 spiro atoms. The summed E-state index contributed by atoms with van der Waals surface area (Å²) in [6.07, 6.45) is 0.432. The van der Waals surface area contributed by atoms with Gasteiger partial charge >= 0.3 is 0 Å². The Bertz CT molecular complexity index is 292. The summed E-state index contributed by atoms with van der Waals surface area (Å²) in [6.45, 7) is 4.63. The van der Waals surface area contributed by atoms with Crippen LogP contribution in [0.5, 0.6) is 0 Å². The van der Waals surface area contributed by atoms with Gasteiger partial charge in [-0.05, 0) is 0 Å². The quantitative estimate of drug-likeness (QED) is 0.732. The Kier molecular flexibility index (Phi) is 4.67. The number of amides is 2. The van der Waals surface area contributed by atoms with E-state index in [9.17, 15) is 9.59 Å². The molecule has 0 aromatic rings. The highest BCUT2D eigenvalue weighted by Gasteiger charge is 2.20. The molecule has 0 radical (unpaired) electrons. The van der Waals surface area contributed by atoms with Crippen molar-refractivity contribution in [1.82, 2.24) is 15.1 Å². The second-order valence-electron chi connectivity index (χ2n) is 4.36. The lowest BCUT2D eigenvalue weighted by Crippen LogP contribution is -2.42. The van der Waals surface area contributed by atoms with E-state index in [1.54, 1.807) is 4.90 Å². The van der Waals surface area contributed by atoms with Gasteiger partial charge in [-0.1, -0.05) is 0 Å². The summed E-state index contributed by atoms with van der Waals surface area (Å²) in [5.41, 5.74) is 0. The zero-order valence-corrected chi connectivity index (χ0v) is 10.8. The minimum absolute atomic E-state index is 0.0183. The standard InChI is InChI=1S/C11H19N3O2S/c15-10-1-2-14(11(16)9-12-10)4-3-13-5-7-17-8-6-13/h1-9H2,(H,12,15). The van der Waals surface area contributed by atoms with Crippen LogP contribution in [-0.4, -0.2) is 72.4 Å². The summed E-state index contributed by atoms with van der Waals surface area (Å²) in [4.78, 5) is 27.1. The monoisotopic (exact) mass is 257 g/mol. The van der Waals surface area contributed by atoms with E-state index in [4.69, 9.17) is 0 Å². The van der Waals surface area contributed by atoms with Crippen LogP contribution in [0.3, 0.4) is 0 Å². The average molecular weight is 257 g/mol. The maximum Gasteiger partial charge on any atom is 0.242 e. The number of rotatable bonds is 3. The number of nitrogens with zero attached hydrogens (tertiary/aromatic N) is 2. The van der Waals surface area contributed by atoms with Crippen molar-refractivity contribution in [3.05, 3.63) is 0 Å². The molecule has 0 atom stereocenters. The minimum Gasteiger partial charge on any atom is -0.347 e. The molecular weight excluding hydrogens is 238 g/mol. The summed E-state index contributed by atoms with van der Waals surface area (Å²) in [5, 5.41) is 2.62. The average Bonchev–Trinajstić information content (AvgIpc) is 2.52. The summed E-state index contributed by atoms with van der Waals surface area (Å²) in [5.74, 6) is 2.40. The summed E-state index contributed by atoms with van der Waals surface area (Å²) in [7, 11) is 0. The fourth-order valence-electron chi connectivity index (χ4n) is 2.06. The molecule has 0 bridgehead atoms. The molecule has 2 rings (SSSR count). The predicted octanol–water partition coefficient (Wildman–Crippen LogP) is -0.616. The van der Waals surface area contributed by atoms with Gasteiger partial charge in [0.25, 0.3) is 0 Å². The molecule has 6 heteroatoms.